The summed E-state index contributed by atoms with van der Waals surface area (Å²) in [4.78, 5) is 16.2. The SMILES string of the molecule is CCOC(=O)C(C)(C)c1nc(-c2cccc(OC)c2)no1. The first-order chi connectivity index (χ1) is 9.98. The number of carbonyl (C=O) groups is 1. The third-order valence-corrected chi connectivity index (χ3v) is 3.07. The van der Waals surface area contributed by atoms with Crippen LogP contribution in [0.1, 0.15) is 26.7 Å². The lowest BCUT2D eigenvalue weighted by atomic mass is 9.94. The molecule has 0 bridgehead atoms. The number of aromatic nitrogens is 2. The lowest BCUT2D eigenvalue weighted by Gasteiger charge is -2.16. The predicted octanol–water partition coefficient (Wildman–Crippen LogP) is 2.59. The Balaban J connectivity index is 2.30. The zero-order valence-corrected chi connectivity index (χ0v) is 12.5. The van der Waals surface area contributed by atoms with Crippen LogP contribution >= 0.6 is 0 Å². The fraction of sp³-hybridized carbons (Fsp3) is 0.400. The van der Waals surface area contributed by atoms with Crippen LogP contribution in [0.5, 0.6) is 5.75 Å². The smallest absolute Gasteiger partial charge is 0.321 e. The minimum absolute atomic E-state index is 0.221. The van der Waals surface area contributed by atoms with Gasteiger partial charge in [-0.2, -0.15) is 4.98 Å². The molecule has 1 aromatic heterocycles. The molecule has 6 nitrogen and oxygen atoms in total. The van der Waals surface area contributed by atoms with Gasteiger partial charge in [-0.05, 0) is 32.9 Å². The predicted molar refractivity (Wildman–Crippen MR) is 75.9 cm³/mol. The van der Waals surface area contributed by atoms with Gasteiger partial charge < -0.3 is 14.0 Å². The summed E-state index contributed by atoms with van der Waals surface area (Å²) in [6.07, 6.45) is 0. The van der Waals surface area contributed by atoms with Crippen molar-refractivity contribution in [2.24, 2.45) is 0 Å². The first-order valence-corrected chi connectivity index (χ1v) is 6.65. The molecular formula is C15H18N2O4. The summed E-state index contributed by atoms with van der Waals surface area (Å²) >= 11 is 0. The summed E-state index contributed by atoms with van der Waals surface area (Å²) in [7, 11) is 1.59. The van der Waals surface area contributed by atoms with Crippen LogP contribution in [0.4, 0.5) is 0 Å². The number of rotatable bonds is 5. The van der Waals surface area contributed by atoms with E-state index in [0.717, 1.165) is 5.56 Å². The second kappa shape index (κ2) is 5.95. The normalized spacial score (nSPS) is 11.2. The molecule has 0 aliphatic rings. The van der Waals surface area contributed by atoms with E-state index < -0.39 is 11.4 Å². The molecule has 21 heavy (non-hydrogen) atoms. The van der Waals surface area contributed by atoms with E-state index in [2.05, 4.69) is 10.1 Å². The zero-order valence-electron chi connectivity index (χ0n) is 12.5. The molecule has 0 amide bonds. The summed E-state index contributed by atoms with van der Waals surface area (Å²) in [5, 5.41) is 3.92. The van der Waals surface area contributed by atoms with Gasteiger partial charge in [0.2, 0.25) is 11.7 Å². The van der Waals surface area contributed by atoms with Crippen LogP contribution in [0.2, 0.25) is 0 Å². The van der Waals surface area contributed by atoms with Crippen molar-refractivity contribution in [2.45, 2.75) is 26.2 Å². The highest BCUT2D eigenvalue weighted by Crippen LogP contribution is 2.27. The molecule has 1 heterocycles. The number of hydrogen-bond donors (Lipinski definition) is 0. The van der Waals surface area contributed by atoms with Crippen LogP contribution in [0, 0.1) is 0 Å². The summed E-state index contributed by atoms with van der Waals surface area (Å²) in [6, 6.07) is 7.30. The Hall–Kier alpha value is -2.37. The Bertz CT molecular complexity index is 634. The molecule has 0 unspecified atom stereocenters. The fourth-order valence-electron chi connectivity index (χ4n) is 1.76. The van der Waals surface area contributed by atoms with Crippen molar-refractivity contribution in [3.05, 3.63) is 30.2 Å². The number of hydrogen-bond acceptors (Lipinski definition) is 6. The third kappa shape index (κ3) is 3.04. The Morgan fingerprint density at radius 1 is 1.38 bits per heavy atom. The fourth-order valence-corrected chi connectivity index (χ4v) is 1.76. The Kier molecular flexibility index (Phi) is 4.26. The maximum atomic E-state index is 11.9. The van der Waals surface area contributed by atoms with E-state index in [1.54, 1.807) is 33.9 Å². The van der Waals surface area contributed by atoms with Gasteiger partial charge in [-0.3, -0.25) is 4.79 Å². The van der Waals surface area contributed by atoms with Crippen molar-refractivity contribution in [1.82, 2.24) is 10.1 Å². The van der Waals surface area contributed by atoms with Crippen LogP contribution in [0.25, 0.3) is 11.4 Å². The summed E-state index contributed by atoms with van der Waals surface area (Å²) in [5.41, 5.74) is -0.232. The van der Waals surface area contributed by atoms with E-state index in [4.69, 9.17) is 14.0 Å². The summed E-state index contributed by atoms with van der Waals surface area (Å²) in [6.45, 7) is 5.43. The van der Waals surface area contributed by atoms with Crippen molar-refractivity contribution < 1.29 is 18.8 Å². The zero-order chi connectivity index (χ0) is 15.5. The number of benzene rings is 1. The van der Waals surface area contributed by atoms with E-state index in [1.165, 1.54) is 0 Å². The molecule has 6 heteroatoms. The Morgan fingerprint density at radius 2 is 2.14 bits per heavy atom. The monoisotopic (exact) mass is 290 g/mol. The van der Waals surface area contributed by atoms with Crippen LogP contribution < -0.4 is 4.74 Å². The second-order valence-corrected chi connectivity index (χ2v) is 5.00. The van der Waals surface area contributed by atoms with Crippen molar-refractivity contribution in [1.29, 1.82) is 0 Å². The lowest BCUT2D eigenvalue weighted by molar-refractivity contribution is -0.149. The Labute approximate surface area is 123 Å². The first kappa shape index (κ1) is 15.0. The largest absolute Gasteiger partial charge is 0.497 e. The minimum Gasteiger partial charge on any atom is -0.497 e. The van der Waals surface area contributed by atoms with Crippen molar-refractivity contribution in [3.63, 3.8) is 0 Å². The van der Waals surface area contributed by atoms with Gasteiger partial charge in [0.05, 0.1) is 13.7 Å². The molecule has 0 saturated heterocycles. The van der Waals surface area contributed by atoms with Crippen molar-refractivity contribution in [3.8, 4) is 17.1 Å². The maximum absolute atomic E-state index is 11.9. The van der Waals surface area contributed by atoms with Crippen LogP contribution in [-0.2, 0) is 14.9 Å². The first-order valence-electron chi connectivity index (χ1n) is 6.65. The van der Waals surface area contributed by atoms with Gasteiger partial charge in [-0.1, -0.05) is 17.3 Å². The minimum atomic E-state index is -0.986. The van der Waals surface area contributed by atoms with E-state index in [1.807, 2.05) is 18.2 Å². The molecule has 1 aromatic carbocycles. The average Bonchev–Trinajstić information content (AvgIpc) is 2.98. The molecule has 0 saturated carbocycles. The molecule has 2 aromatic rings. The van der Waals surface area contributed by atoms with Gasteiger partial charge in [0.15, 0.2) is 0 Å². The molecule has 0 aliphatic carbocycles. The van der Waals surface area contributed by atoms with Gasteiger partial charge in [-0.15, -0.1) is 0 Å². The van der Waals surface area contributed by atoms with E-state index in [-0.39, 0.29) is 5.89 Å². The van der Waals surface area contributed by atoms with Crippen molar-refractivity contribution in [2.75, 3.05) is 13.7 Å². The van der Waals surface area contributed by atoms with E-state index in [0.29, 0.717) is 18.2 Å². The van der Waals surface area contributed by atoms with Gasteiger partial charge in [0, 0.05) is 5.56 Å². The molecule has 2 rings (SSSR count). The molecule has 112 valence electrons. The molecule has 0 atom stereocenters. The topological polar surface area (TPSA) is 74.5 Å². The second-order valence-electron chi connectivity index (χ2n) is 5.00. The molecule has 0 radical (unpaired) electrons. The molecule has 0 fully saturated rings. The highest BCUT2D eigenvalue weighted by molar-refractivity contribution is 5.80. The molecule has 0 aliphatic heterocycles. The Morgan fingerprint density at radius 3 is 2.81 bits per heavy atom. The number of esters is 1. The van der Waals surface area contributed by atoms with Gasteiger partial charge in [0.25, 0.3) is 0 Å². The van der Waals surface area contributed by atoms with E-state index >= 15 is 0 Å². The average molecular weight is 290 g/mol. The van der Waals surface area contributed by atoms with E-state index in [9.17, 15) is 4.79 Å². The lowest BCUT2D eigenvalue weighted by Crippen LogP contribution is -2.31. The maximum Gasteiger partial charge on any atom is 0.321 e. The summed E-state index contributed by atoms with van der Waals surface area (Å²) < 4.78 is 15.4. The standard InChI is InChI=1S/C15H18N2O4/c1-5-20-14(18)15(2,3)13-16-12(17-21-13)10-7-6-8-11(9-10)19-4/h6-9H,5H2,1-4H3. The molecular weight excluding hydrogens is 272 g/mol. The molecule has 0 N–H and O–H groups in total. The highest BCUT2D eigenvalue weighted by Gasteiger charge is 2.37. The molecule has 0 spiro atoms. The van der Waals surface area contributed by atoms with Crippen LogP contribution in [0.3, 0.4) is 0 Å². The summed E-state index contributed by atoms with van der Waals surface area (Å²) in [5.74, 6) is 0.925. The third-order valence-electron chi connectivity index (χ3n) is 3.07. The van der Waals surface area contributed by atoms with Gasteiger partial charge in [0.1, 0.15) is 11.2 Å². The number of methoxy groups -OCH3 is 1. The van der Waals surface area contributed by atoms with Crippen molar-refractivity contribution >= 4 is 5.97 Å². The van der Waals surface area contributed by atoms with Crippen LogP contribution in [-0.4, -0.2) is 29.8 Å². The van der Waals surface area contributed by atoms with Crippen LogP contribution in [0.15, 0.2) is 28.8 Å². The van der Waals surface area contributed by atoms with Gasteiger partial charge in [-0.25, -0.2) is 0 Å². The number of nitrogens with zero attached hydrogens (tertiary/aromatic N) is 2. The van der Waals surface area contributed by atoms with Gasteiger partial charge >= 0.3 is 5.97 Å². The highest BCUT2D eigenvalue weighted by atomic mass is 16.5. The number of carbonyl (C=O) groups excluding carboxylic acids is 1. The number of ether oxygens (including phenoxy) is 2. The quantitative estimate of drug-likeness (QED) is 0.788.